The largest absolute Gasteiger partial charge is 0.399 e. The van der Waals surface area contributed by atoms with Crippen molar-refractivity contribution in [1.29, 1.82) is 0 Å². The molecule has 19 heavy (non-hydrogen) atoms. The van der Waals surface area contributed by atoms with Crippen LogP contribution in [0.3, 0.4) is 0 Å². The molecule has 0 aliphatic carbocycles. The van der Waals surface area contributed by atoms with Gasteiger partial charge in [0, 0.05) is 18.3 Å². The lowest BCUT2D eigenvalue weighted by molar-refractivity contribution is 0.245. The van der Waals surface area contributed by atoms with Gasteiger partial charge in [-0.05, 0) is 51.1 Å². The summed E-state index contributed by atoms with van der Waals surface area (Å²) < 4.78 is 2.34. The molecule has 0 spiro atoms. The van der Waals surface area contributed by atoms with Crippen molar-refractivity contribution in [2.45, 2.75) is 39.3 Å². The molecular weight excluding hydrogens is 236 g/mol. The fraction of sp³-hybridized carbons (Fsp3) is 0.533. The Kier molecular flexibility index (Phi) is 3.19. The summed E-state index contributed by atoms with van der Waals surface area (Å²) in [7, 11) is 0. The number of nitrogens with two attached hydrogens (primary N) is 1. The average molecular weight is 258 g/mol. The van der Waals surface area contributed by atoms with Crippen LogP contribution in [0, 0.1) is 6.92 Å². The number of nitrogens with zero attached hydrogens (tertiary/aromatic N) is 3. The van der Waals surface area contributed by atoms with E-state index in [9.17, 15) is 0 Å². The first-order valence-electron chi connectivity index (χ1n) is 7.15. The summed E-state index contributed by atoms with van der Waals surface area (Å²) in [4.78, 5) is 7.20. The quantitative estimate of drug-likeness (QED) is 0.860. The Bertz CT molecular complexity index is 587. The number of hydrogen-bond acceptors (Lipinski definition) is 3. The lowest BCUT2D eigenvalue weighted by atomic mass is 10.2. The first kappa shape index (κ1) is 12.5. The molecule has 1 aliphatic rings. The van der Waals surface area contributed by atoms with Gasteiger partial charge in [-0.15, -0.1) is 0 Å². The minimum Gasteiger partial charge on any atom is -0.399 e. The smallest absolute Gasteiger partial charge is 0.106 e. The van der Waals surface area contributed by atoms with Crippen molar-refractivity contribution in [3.63, 3.8) is 0 Å². The summed E-state index contributed by atoms with van der Waals surface area (Å²) in [5.41, 5.74) is 8.83. The molecule has 0 saturated carbocycles. The molecule has 1 aliphatic heterocycles. The van der Waals surface area contributed by atoms with Crippen LogP contribution in [0.4, 0.5) is 5.69 Å². The molecule has 1 aromatic heterocycles. The van der Waals surface area contributed by atoms with Gasteiger partial charge in [-0.3, -0.25) is 4.90 Å². The number of likely N-dealkylation sites (N-methyl/N-ethyl adjacent to an activating group) is 1. The first-order chi connectivity index (χ1) is 9.19. The van der Waals surface area contributed by atoms with Crippen molar-refractivity contribution >= 4 is 16.7 Å². The normalized spacial score (nSPS) is 20.4. The summed E-state index contributed by atoms with van der Waals surface area (Å²) in [6.07, 6.45) is 2.61. The molecule has 2 N–H and O–H groups in total. The SMILES string of the molecule is CCN1CCCC1Cn1c(C)nc2cc(N)ccc21. The van der Waals surface area contributed by atoms with E-state index in [2.05, 4.69) is 34.4 Å². The van der Waals surface area contributed by atoms with Gasteiger partial charge in [0.25, 0.3) is 0 Å². The van der Waals surface area contributed by atoms with Crippen LogP contribution in [0.25, 0.3) is 11.0 Å². The molecule has 4 heteroatoms. The summed E-state index contributed by atoms with van der Waals surface area (Å²) in [5, 5.41) is 0. The van der Waals surface area contributed by atoms with Gasteiger partial charge in [-0.1, -0.05) is 6.92 Å². The van der Waals surface area contributed by atoms with E-state index in [0.29, 0.717) is 6.04 Å². The van der Waals surface area contributed by atoms with Gasteiger partial charge in [-0.25, -0.2) is 4.98 Å². The molecule has 0 radical (unpaired) electrons. The lowest BCUT2D eigenvalue weighted by Crippen LogP contribution is -2.32. The number of anilines is 1. The van der Waals surface area contributed by atoms with E-state index in [-0.39, 0.29) is 0 Å². The van der Waals surface area contributed by atoms with Gasteiger partial charge in [0.15, 0.2) is 0 Å². The number of hydrogen-bond donors (Lipinski definition) is 1. The van der Waals surface area contributed by atoms with E-state index >= 15 is 0 Å². The minimum atomic E-state index is 0.652. The van der Waals surface area contributed by atoms with E-state index in [1.54, 1.807) is 0 Å². The number of fused-ring (bicyclic) bond motifs is 1. The molecule has 3 rings (SSSR count). The van der Waals surface area contributed by atoms with E-state index in [1.165, 1.54) is 24.9 Å². The standard InChI is InChI=1S/C15H22N4/c1-3-18-8-4-5-13(18)10-19-11(2)17-14-9-12(16)6-7-15(14)19/h6-7,9,13H,3-5,8,10,16H2,1-2H3. The van der Waals surface area contributed by atoms with Gasteiger partial charge in [0.05, 0.1) is 11.0 Å². The monoisotopic (exact) mass is 258 g/mol. The van der Waals surface area contributed by atoms with Crippen LogP contribution in [-0.4, -0.2) is 33.6 Å². The Morgan fingerprint density at radius 2 is 2.26 bits per heavy atom. The van der Waals surface area contributed by atoms with Crippen molar-refractivity contribution in [1.82, 2.24) is 14.5 Å². The molecule has 0 bridgehead atoms. The topological polar surface area (TPSA) is 47.1 Å². The molecule has 2 aromatic rings. The highest BCUT2D eigenvalue weighted by molar-refractivity contribution is 5.79. The van der Waals surface area contributed by atoms with Crippen molar-refractivity contribution < 1.29 is 0 Å². The summed E-state index contributed by atoms with van der Waals surface area (Å²) in [6, 6.07) is 6.67. The second-order valence-corrected chi connectivity index (χ2v) is 5.44. The Hall–Kier alpha value is -1.55. The highest BCUT2D eigenvalue weighted by atomic mass is 15.2. The highest BCUT2D eigenvalue weighted by Crippen LogP contribution is 2.23. The number of likely N-dealkylation sites (tertiary alicyclic amines) is 1. The van der Waals surface area contributed by atoms with Crippen LogP contribution >= 0.6 is 0 Å². The summed E-state index contributed by atoms with van der Waals surface area (Å²) in [6.45, 7) is 7.75. The Morgan fingerprint density at radius 3 is 3.05 bits per heavy atom. The number of aromatic nitrogens is 2. The molecular formula is C15H22N4. The van der Waals surface area contributed by atoms with E-state index in [4.69, 9.17) is 5.73 Å². The van der Waals surface area contributed by atoms with E-state index in [1.807, 2.05) is 12.1 Å². The fourth-order valence-electron chi connectivity index (χ4n) is 3.23. The molecule has 1 atom stereocenters. The van der Waals surface area contributed by atoms with Crippen LogP contribution < -0.4 is 5.73 Å². The van der Waals surface area contributed by atoms with Crippen molar-refractivity contribution in [3.05, 3.63) is 24.0 Å². The van der Waals surface area contributed by atoms with Gasteiger partial charge >= 0.3 is 0 Å². The average Bonchev–Trinajstić information content (AvgIpc) is 2.95. The van der Waals surface area contributed by atoms with Gasteiger partial charge < -0.3 is 10.3 Å². The molecule has 1 aromatic carbocycles. The summed E-state index contributed by atoms with van der Waals surface area (Å²) >= 11 is 0. The van der Waals surface area contributed by atoms with Crippen LogP contribution in [0.15, 0.2) is 18.2 Å². The predicted molar refractivity (Wildman–Crippen MR) is 79.2 cm³/mol. The number of benzene rings is 1. The predicted octanol–water partition coefficient (Wildman–Crippen LogP) is 2.41. The van der Waals surface area contributed by atoms with E-state index in [0.717, 1.165) is 30.1 Å². The van der Waals surface area contributed by atoms with Gasteiger partial charge in [-0.2, -0.15) is 0 Å². The Labute approximate surface area is 114 Å². The summed E-state index contributed by atoms with van der Waals surface area (Å²) in [5.74, 6) is 1.09. The lowest BCUT2D eigenvalue weighted by Gasteiger charge is -2.23. The number of imidazole rings is 1. The maximum Gasteiger partial charge on any atom is 0.106 e. The fourth-order valence-corrected chi connectivity index (χ4v) is 3.23. The maximum absolute atomic E-state index is 5.83. The molecule has 1 saturated heterocycles. The molecule has 2 heterocycles. The van der Waals surface area contributed by atoms with Crippen molar-refractivity contribution in [2.75, 3.05) is 18.8 Å². The first-order valence-corrected chi connectivity index (χ1v) is 7.15. The minimum absolute atomic E-state index is 0.652. The third kappa shape index (κ3) is 2.21. The van der Waals surface area contributed by atoms with Crippen LogP contribution in [0.1, 0.15) is 25.6 Å². The van der Waals surface area contributed by atoms with Crippen LogP contribution in [-0.2, 0) is 6.54 Å². The van der Waals surface area contributed by atoms with Crippen LogP contribution in [0.2, 0.25) is 0 Å². The zero-order valence-electron chi connectivity index (χ0n) is 11.8. The molecule has 1 fully saturated rings. The molecule has 0 amide bonds. The second-order valence-electron chi connectivity index (χ2n) is 5.44. The van der Waals surface area contributed by atoms with Gasteiger partial charge in [0.2, 0.25) is 0 Å². The van der Waals surface area contributed by atoms with Crippen molar-refractivity contribution in [3.8, 4) is 0 Å². The number of aryl methyl sites for hydroxylation is 1. The van der Waals surface area contributed by atoms with Gasteiger partial charge in [0.1, 0.15) is 5.82 Å². The van der Waals surface area contributed by atoms with Crippen molar-refractivity contribution in [2.24, 2.45) is 0 Å². The Morgan fingerprint density at radius 1 is 1.42 bits per heavy atom. The zero-order chi connectivity index (χ0) is 13.4. The number of rotatable bonds is 3. The molecule has 4 nitrogen and oxygen atoms in total. The highest BCUT2D eigenvalue weighted by Gasteiger charge is 2.24. The van der Waals surface area contributed by atoms with Crippen LogP contribution in [0.5, 0.6) is 0 Å². The Balaban J connectivity index is 1.94. The maximum atomic E-state index is 5.83. The molecule has 102 valence electrons. The number of nitrogen functional groups attached to an aromatic ring is 1. The molecule has 1 unspecified atom stereocenters. The zero-order valence-corrected chi connectivity index (χ0v) is 11.8. The third-order valence-electron chi connectivity index (χ3n) is 4.26. The van der Waals surface area contributed by atoms with E-state index < -0.39 is 0 Å². The second kappa shape index (κ2) is 4.85. The third-order valence-corrected chi connectivity index (χ3v) is 4.26.